The molecular formula is C17H21NO4. The average Bonchev–Trinajstić information content (AvgIpc) is 2.55. The number of carbonyl (C=O) groups excluding carboxylic acids is 2. The smallest absolute Gasteiger partial charge is 0.334 e. The van der Waals surface area contributed by atoms with Crippen LogP contribution in [0.1, 0.15) is 18.9 Å². The molecule has 0 saturated carbocycles. The van der Waals surface area contributed by atoms with Gasteiger partial charge in [0.05, 0.1) is 14.2 Å². The summed E-state index contributed by atoms with van der Waals surface area (Å²) < 4.78 is 9.49. The Labute approximate surface area is 131 Å². The molecule has 1 rings (SSSR count). The van der Waals surface area contributed by atoms with Crippen molar-refractivity contribution in [3.05, 3.63) is 35.9 Å². The van der Waals surface area contributed by atoms with E-state index in [4.69, 9.17) is 9.47 Å². The first-order chi connectivity index (χ1) is 10.6. The lowest BCUT2D eigenvalue weighted by molar-refractivity contribution is -0.161. The predicted molar refractivity (Wildman–Crippen MR) is 82.7 cm³/mol. The second kappa shape index (κ2) is 9.59. The highest BCUT2D eigenvalue weighted by atomic mass is 16.5. The SMILES string of the molecule is CC#CCCN(Cc1ccccc1)C(C(=O)OC)C(=O)OC. The first-order valence-electron chi connectivity index (χ1n) is 6.97. The van der Waals surface area contributed by atoms with E-state index in [0.29, 0.717) is 19.5 Å². The van der Waals surface area contributed by atoms with E-state index in [-0.39, 0.29) is 0 Å². The lowest BCUT2D eigenvalue weighted by Gasteiger charge is -2.27. The molecule has 0 amide bonds. The van der Waals surface area contributed by atoms with Crippen molar-refractivity contribution in [2.24, 2.45) is 0 Å². The molecule has 0 fully saturated rings. The van der Waals surface area contributed by atoms with Crippen LogP contribution in [0.2, 0.25) is 0 Å². The molecule has 0 aliphatic heterocycles. The molecule has 118 valence electrons. The van der Waals surface area contributed by atoms with Gasteiger partial charge in [0, 0.05) is 19.5 Å². The molecule has 0 bridgehead atoms. The molecule has 1 aromatic rings. The molecule has 5 nitrogen and oxygen atoms in total. The standard InChI is InChI=1S/C17H21NO4/c1-4-5-9-12-18(13-14-10-7-6-8-11-14)15(16(19)21-2)17(20)22-3/h6-8,10-11,15H,9,12-13H2,1-3H3. The molecule has 0 heterocycles. The number of methoxy groups -OCH3 is 2. The zero-order chi connectivity index (χ0) is 16.4. The zero-order valence-electron chi connectivity index (χ0n) is 13.2. The van der Waals surface area contributed by atoms with Gasteiger partial charge < -0.3 is 9.47 Å². The topological polar surface area (TPSA) is 55.8 Å². The fraction of sp³-hybridized carbons (Fsp3) is 0.412. The number of carbonyl (C=O) groups is 2. The van der Waals surface area contributed by atoms with Gasteiger partial charge in [0.15, 0.2) is 0 Å². The van der Waals surface area contributed by atoms with Gasteiger partial charge in [0.25, 0.3) is 0 Å². The third-order valence-electron chi connectivity index (χ3n) is 3.14. The molecule has 0 spiro atoms. The Morgan fingerprint density at radius 3 is 2.23 bits per heavy atom. The van der Waals surface area contributed by atoms with E-state index in [1.54, 1.807) is 11.8 Å². The number of ether oxygens (including phenoxy) is 2. The van der Waals surface area contributed by atoms with Crippen molar-refractivity contribution in [1.82, 2.24) is 4.90 Å². The molecular weight excluding hydrogens is 282 g/mol. The second-order valence-electron chi connectivity index (χ2n) is 4.58. The van der Waals surface area contributed by atoms with Crippen LogP contribution < -0.4 is 0 Å². The highest BCUT2D eigenvalue weighted by Gasteiger charge is 2.34. The van der Waals surface area contributed by atoms with E-state index in [9.17, 15) is 9.59 Å². The number of rotatable bonds is 7. The van der Waals surface area contributed by atoms with Gasteiger partial charge in [-0.1, -0.05) is 30.3 Å². The maximum absolute atomic E-state index is 12.0. The maximum atomic E-state index is 12.0. The summed E-state index contributed by atoms with van der Waals surface area (Å²) in [6, 6.07) is 8.51. The summed E-state index contributed by atoms with van der Waals surface area (Å²) in [6.07, 6.45) is 0.549. The highest BCUT2D eigenvalue weighted by molar-refractivity contribution is 5.99. The summed E-state index contributed by atoms with van der Waals surface area (Å²) in [4.78, 5) is 25.7. The molecule has 0 saturated heterocycles. The maximum Gasteiger partial charge on any atom is 0.334 e. The summed E-state index contributed by atoms with van der Waals surface area (Å²) in [5, 5.41) is 0. The molecule has 0 N–H and O–H groups in total. The van der Waals surface area contributed by atoms with Crippen LogP contribution in [-0.2, 0) is 25.6 Å². The second-order valence-corrected chi connectivity index (χ2v) is 4.58. The van der Waals surface area contributed by atoms with Gasteiger partial charge in [0.2, 0.25) is 6.04 Å². The van der Waals surface area contributed by atoms with Crippen LogP contribution in [0.3, 0.4) is 0 Å². The highest BCUT2D eigenvalue weighted by Crippen LogP contribution is 2.12. The van der Waals surface area contributed by atoms with Crippen molar-refractivity contribution in [3.63, 3.8) is 0 Å². The number of esters is 2. The van der Waals surface area contributed by atoms with Crippen molar-refractivity contribution < 1.29 is 19.1 Å². The van der Waals surface area contributed by atoms with E-state index in [1.165, 1.54) is 14.2 Å². The third kappa shape index (κ3) is 5.23. The number of hydrogen-bond acceptors (Lipinski definition) is 5. The van der Waals surface area contributed by atoms with E-state index in [0.717, 1.165) is 5.56 Å². The van der Waals surface area contributed by atoms with E-state index in [2.05, 4.69) is 11.8 Å². The van der Waals surface area contributed by atoms with E-state index >= 15 is 0 Å². The summed E-state index contributed by atoms with van der Waals surface area (Å²) in [5.41, 5.74) is 0.991. The molecule has 0 radical (unpaired) electrons. The van der Waals surface area contributed by atoms with Crippen molar-refractivity contribution in [1.29, 1.82) is 0 Å². The van der Waals surface area contributed by atoms with Crippen LogP contribution >= 0.6 is 0 Å². The largest absolute Gasteiger partial charge is 0.467 e. The van der Waals surface area contributed by atoms with Crippen molar-refractivity contribution >= 4 is 11.9 Å². The fourth-order valence-corrected chi connectivity index (χ4v) is 2.06. The fourth-order valence-electron chi connectivity index (χ4n) is 2.06. The molecule has 0 atom stereocenters. The van der Waals surface area contributed by atoms with Gasteiger partial charge >= 0.3 is 11.9 Å². The summed E-state index contributed by atoms with van der Waals surface area (Å²) in [7, 11) is 2.51. The number of benzene rings is 1. The monoisotopic (exact) mass is 303 g/mol. The van der Waals surface area contributed by atoms with Crippen molar-refractivity contribution in [3.8, 4) is 11.8 Å². The van der Waals surface area contributed by atoms with E-state index in [1.807, 2.05) is 30.3 Å². The Morgan fingerprint density at radius 1 is 1.14 bits per heavy atom. The van der Waals surface area contributed by atoms with Crippen molar-refractivity contribution in [2.75, 3.05) is 20.8 Å². The Hall–Kier alpha value is -2.32. The summed E-state index contributed by atoms with van der Waals surface area (Å²) in [6.45, 7) is 2.64. The number of nitrogens with zero attached hydrogens (tertiary/aromatic N) is 1. The predicted octanol–water partition coefficient (Wildman–Crippen LogP) is 1.62. The van der Waals surface area contributed by atoms with Gasteiger partial charge in [0.1, 0.15) is 0 Å². The lowest BCUT2D eigenvalue weighted by Crippen LogP contribution is -2.48. The van der Waals surface area contributed by atoms with Crippen LogP contribution in [0.15, 0.2) is 30.3 Å². The molecule has 0 unspecified atom stereocenters. The minimum absolute atomic E-state index is 0.432. The van der Waals surface area contributed by atoms with Gasteiger partial charge in [-0.25, -0.2) is 9.59 Å². The summed E-state index contributed by atoms with van der Waals surface area (Å²) >= 11 is 0. The Kier molecular flexibility index (Phi) is 7.73. The first-order valence-corrected chi connectivity index (χ1v) is 6.97. The average molecular weight is 303 g/mol. The van der Waals surface area contributed by atoms with Crippen LogP contribution in [-0.4, -0.2) is 43.6 Å². The summed E-state index contributed by atoms with van der Waals surface area (Å²) in [5.74, 6) is 4.48. The first kappa shape index (κ1) is 17.7. The lowest BCUT2D eigenvalue weighted by atomic mass is 10.1. The Bertz CT molecular complexity index is 529. The minimum Gasteiger partial charge on any atom is -0.467 e. The van der Waals surface area contributed by atoms with Crippen molar-refractivity contribution in [2.45, 2.75) is 25.9 Å². The Balaban J connectivity index is 3.00. The zero-order valence-corrected chi connectivity index (χ0v) is 13.2. The van der Waals surface area contributed by atoms with Crippen LogP contribution in [0.4, 0.5) is 0 Å². The third-order valence-corrected chi connectivity index (χ3v) is 3.14. The molecule has 0 aromatic heterocycles. The van der Waals surface area contributed by atoms with Crippen LogP contribution in [0.5, 0.6) is 0 Å². The normalized spacial score (nSPS) is 10.0. The molecule has 22 heavy (non-hydrogen) atoms. The number of hydrogen-bond donors (Lipinski definition) is 0. The minimum atomic E-state index is -1.09. The van der Waals surface area contributed by atoms with Gasteiger partial charge in [-0.05, 0) is 12.5 Å². The Morgan fingerprint density at radius 2 is 1.73 bits per heavy atom. The van der Waals surface area contributed by atoms with E-state index < -0.39 is 18.0 Å². The quantitative estimate of drug-likeness (QED) is 0.435. The molecule has 0 aliphatic rings. The van der Waals surface area contributed by atoms with Crippen LogP contribution in [0.25, 0.3) is 0 Å². The van der Waals surface area contributed by atoms with Crippen LogP contribution in [0, 0.1) is 11.8 Å². The van der Waals surface area contributed by atoms with Gasteiger partial charge in [-0.3, -0.25) is 4.90 Å². The molecule has 5 heteroatoms. The molecule has 0 aliphatic carbocycles. The van der Waals surface area contributed by atoms with Gasteiger partial charge in [-0.2, -0.15) is 0 Å². The van der Waals surface area contributed by atoms with Gasteiger partial charge in [-0.15, -0.1) is 11.8 Å². The molecule has 1 aromatic carbocycles.